The lowest BCUT2D eigenvalue weighted by atomic mass is 9.68. The molecule has 0 radical (unpaired) electrons. The van der Waals surface area contributed by atoms with Gasteiger partial charge in [-0.3, -0.25) is 0 Å². The van der Waals surface area contributed by atoms with Gasteiger partial charge in [0.05, 0.1) is 0 Å². The molecular formula is C26H34N4S4. The fourth-order valence-electron chi connectivity index (χ4n) is 3.73. The summed E-state index contributed by atoms with van der Waals surface area (Å²) in [6.07, 6.45) is 4.33. The van der Waals surface area contributed by atoms with Crippen LogP contribution in [0, 0.1) is 0 Å². The standard InChI is InChI=1S/C18H22N2S2.C8H12N2S2/c1-3-21-17-12-16(19-18(20-17)22-4-2)15-11-10-14(15)13-8-6-5-7-9-13;1-3-11-7-5-6-9-8(10-7)12-4-2/h5-9,12,14-15H,3-4,10-11H2,1-2H3;5-6H,3-4H2,1-2H3. The van der Waals surface area contributed by atoms with Gasteiger partial charge in [0.2, 0.25) is 0 Å². The molecule has 1 aromatic carbocycles. The van der Waals surface area contributed by atoms with Crippen LogP contribution in [0.5, 0.6) is 0 Å². The molecule has 0 spiro atoms. The van der Waals surface area contributed by atoms with Gasteiger partial charge in [-0.2, -0.15) is 0 Å². The van der Waals surface area contributed by atoms with Crippen molar-refractivity contribution in [3.8, 4) is 0 Å². The molecule has 3 aromatic rings. The van der Waals surface area contributed by atoms with Crippen molar-refractivity contribution in [1.82, 2.24) is 19.9 Å². The van der Waals surface area contributed by atoms with Gasteiger partial charge in [-0.05, 0) is 59.5 Å². The van der Waals surface area contributed by atoms with Crippen LogP contribution in [-0.4, -0.2) is 42.9 Å². The Kier molecular flexibility index (Phi) is 12.1. The van der Waals surface area contributed by atoms with Crippen LogP contribution in [0.4, 0.5) is 0 Å². The van der Waals surface area contributed by atoms with Crippen LogP contribution in [0.3, 0.4) is 0 Å². The van der Waals surface area contributed by atoms with Crippen molar-refractivity contribution in [3.05, 3.63) is 59.9 Å². The van der Waals surface area contributed by atoms with Crippen LogP contribution < -0.4 is 0 Å². The van der Waals surface area contributed by atoms with E-state index in [0.717, 1.165) is 43.4 Å². The second-order valence-corrected chi connectivity index (χ2v) is 12.6. The summed E-state index contributed by atoms with van der Waals surface area (Å²) in [5.41, 5.74) is 2.69. The highest BCUT2D eigenvalue weighted by Crippen LogP contribution is 2.49. The molecule has 1 aliphatic rings. The number of rotatable bonds is 10. The summed E-state index contributed by atoms with van der Waals surface area (Å²) < 4.78 is 0. The van der Waals surface area contributed by atoms with Crippen molar-refractivity contribution < 1.29 is 0 Å². The molecule has 2 atom stereocenters. The van der Waals surface area contributed by atoms with Gasteiger partial charge in [0, 0.05) is 17.8 Å². The van der Waals surface area contributed by atoms with Gasteiger partial charge in [0.25, 0.3) is 0 Å². The molecule has 0 bridgehead atoms. The average Bonchev–Trinajstić information content (AvgIpc) is 2.81. The third-order valence-electron chi connectivity index (χ3n) is 5.32. The van der Waals surface area contributed by atoms with E-state index < -0.39 is 0 Å². The Bertz CT molecular complexity index is 958. The summed E-state index contributed by atoms with van der Waals surface area (Å²) in [5, 5.41) is 4.02. The molecule has 4 rings (SSSR count). The minimum atomic E-state index is 0.554. The van der Waals surface area contributed by atoms with Crippen molar-refractivity contribution in [2.45, 2.75) is 72.7 Å². The lowest BCUT2D eigenvalue weighted by Gasteiger charge is -2.36. The first-order valence-electron chi connectivity index (χ1n) is 12.0. The van der Waals surface area contributed by atoms with Crippen LogP contribution in [0.15, 0.2) is 69.0 Å². The number of nitrogens with zero attached hydrogens (tertiary/aromatic N) is 4. The van der Waals surface area contributed by atoms with E-state index in [4.69, 9.17) is 4.98 Å². The molecule has 0 saturated heterocycles. The maximum Gasteiger partial charge on any atom is 0.188 e. The summed E-state index contributed by atoms with van der Waals surface area (Å²) in [4.78, 5) is 18.0. The zero-order valence-corrected chi connectivity index (χ0v) is 23.7. The molecule has 34 heavy (non-hydrogen) atoms. The third-order valence-corrected chi connectivity index (χ3v) is 8.40. The lowest BCUT2D eigenvalue weighted by Crippen LogP contribution is -2.23. The number of benzene rings is 1. The zero-order chi connectivity index (χ0) is 24.2. The largest absolute Gasteiger partial charge is 0.231 e. The van der Waals surface area contributed by atoms with E-state index in [1.807, 2.05) is 24.0 Å². The van der Waals surface area contributed by atoms with E-state index in [-0.39, 0.29) is 0 Å². The molecule has 2 heterocycles. The Balaban J connectivity index is 0.000000229. The molecule has 2 unspecified atom stereocenters. The molecule has 0 aliphatic heterocycles. The van der Waals surface area contributed by atoms with Crippen molar-refractivity contribution in [2.75, 3.05) is 23.0 Å². The van der Waals surface area contributed by atoms with Gasteiger partial charge < -0.3 is 0 Å². The minimum Gasteiger partial charge on any atom is -0.231 e. The Labute approximate surface area is 221 Å². The normalized spacial score (nSPS) is 16.9. The second-order valence-electron chi connectivity index (χ2n) is 7.52. The van der Waals surface area contributed by atoms with E-state index in [1.54, 1.807) is 35.3 Å². The first-order chi connectivity index (χ1) is 16.7. The molecule has 0 N–H and O–H groups in total. The van der Waals surface area contributed by atoms with Gasteiger partial charge in [-0.15, -0.1) is 23.5 Å². The number of hydrogen-bond acceptors (Lipinski definition) is 8. The van der Waals surface area contributed by atoms with Gasteiger partial charge in [0.15, 0.2) is 10.3 Å². The van der Waals surface area contributed by atoms with E-state index in [2.05, 4.69) is 79.0 Å². The Morgan fingerprint density at radius 3 is 1.94 bits per heavy atom. The smallest absolute Gasteiger partial charge is 0.188 e. The Morgan fingerprint density at radius 2 is 1.29 bits per heavy atom. The van der Waals surface area contributed by atoms with Gasteiger partial charge in [-0.1, -0.05) is 81.6 Å². The topological polar surface area (TPSA) is 51.6 Å². The summed E-state index contributed by atoms with van der Waals surface area (Å²) in [6.45, 7) is 8.56. The van der Waals surface area contributed by atoms with Crippen molar-refractivity contribution >= 4 is 47.0 Å². The molecule has 4 nitrogen and oxygen atoms in total. The number of thioether (sulfide) groups is 4. The monoisotopic (exact) mass is 530 g/mol. The van der Waals surface area contributed by atoms with Gasteiger partial charge >= 0.3 is 0 Å². The fraction of sp³-hybridized carbons (Fsp3) is 0.462. The van der Waals surface area contributed by atoms with Crippen LogP contribution in [0.2, 0.25) is 0 Å². The zero-order valence-electron chi connectivity index (χ0n) is 20.4. The summed E-state index contributed by atoms with van der Waals surface area (Å²) in [6, 6.07) is 15.0. The summed E-state index contributed by atoms with van der Waals surface area (Å²) in [7, 11) is 0. The average molecular weight is 531 g/mol. The molecule has 1 aliphatic carbocycles. The molecule has 0 amide bonds. The highest BCUT2D eigenvalue weighted by Gasteiger charge is 2.34. The summed E-state index contributed by atoms with van der Waals surface area (Å²) >= 11 is 6.99. The van der Waals surface area contributed by atoms with Crippen LogP contribution in [-0.2, 0) is 0 Å². The summed E-state index contributed by atoms with van der Waals surface area (Å²) in [5.74, 6) is 5.34. The molecule has 1 fully saturated rings. The minimum absolute atomic E-state index is 0.554. The first-order valence-corrected chi connectivity index (χ1v) is 15.9. The third kappa shape index (κ3) is 8.18. The Morgan fingerprint density at radius 1 is 0.676 bits per heavy atom. The predicted octanol–water partition coefficient (Wildman–Crippen LogP) is 8.06. The lowest BCUT2D eigenvalue weighted by molar-refractivity contribution is 0.337. The van der Waals surface area contributed by atoms with Crippen LogP contribution in [0.1, 0.15) is 63.6 Å². The van der Waals surface area contributed by atoms with E-state index in [0.29, 0.717) is 11.8 Å². The van der Waals surface area contributed by atoms with Gasteiger partial charge in [-0.25, -0.2) is 19.9 Å². The second kappa shape index (κ2) is 15.0. The van der Waals surface area contributed by atoms with E-state index in [1.165, 1.54) is 24.1 Å². The molecule has 1 saturated carbocycles. The highest BCUT2D eigenvalue weighted by atomic mass is 32.2. The maximum absolute atomic E-state index is 4.84. The van der Waals surface area contributed by atoms with Crippen LogP contribution in [0.25, 0.3) is 0 Å². The number of hydrogen-bond donors (Lipinski definition) is 0. The van der Waals surface area contributed by atoms with Crippen molar-refractivity contribution in [2.24, 2.45) is 0 Å². The number of aromatic nitrogens is 4. The van der Waals surface area contributed by atoms with Crippen molar-refractivity contribution in [3.63, 3.8) is 0 Å². The molecular weight excluding hydrogens is 497 g/mol. The fourth-order valence-corrected chi connectivity index (χ4v) is 6.25. The van der Waals surface area contributed by atoms with Crippen LogP contribution >= 0.6 is 47.0 Å². The van der Waals surface area contributed by atoms with Crippen molar-refractivity contribution in [1.29, 1.82) is 0 Å². The van der Waals surface area contributed by atoms with Gasteiger partial charge in [0.1, 0.15) is 10.1 Å². The van der Waals surface area contributed by atoms with E-state index in [9.17, 15) is 0 Å². The SMILES string of the molecule is CCSc1cc(C2CCC2c2ccccc2)nc(SCC)n1.CCSc1ccnc(SCC)n1. The highest BCUT2D eigenvalue weighted by molar-refractivity contribution is 8.00. The van der Waals surface area contributed by atoms with E-state index >= 15 is 0 Å². The molecule has 182 valence electrons. The maximum atomic E-state index is 4.84. The first kappa shape index (κ1) is 27.4. The quantitative estimate of drug-likeness (QED) is 0.148. The Hall–Kier alpha value is -1.22. The predicted molar refractivity (Wildman–Crippen MR) is 151 cm³/mol. The molecule has 2 aromatic heterocycles. The molecule has 8 heteroatoms.